The Balaban J connectivity index is 2.51. The summed E-state index contributed by atoms with van der Waals surface area (Å²) in [5.41, 5.74) is 1.15. The van der Waals surface area contributed by atoms with Crippen molar-refractivity contribution >= 4 is 10.0 Å². The van der Waals surface area contributed by atoms with E-state index in [0.29, 0.717) is 19.5 Å². The van der Waals surface area contributed by atoms with Crippen molar-refractivity contribution in [3.8, 4) is 0 Å². The highest BCUT2D eigenvalue weighted by molar-refractivity contribution is 7.89. The van der Waals surface area contributed by atoms with Crippen molar-refractivity contribution in [3.05, 3.63) is 11.6 Å². The fourth-order valence-electron chi connectivity index (χ4n) is 1.67. The quantitative estimate of drug-likeness (QED) is 0.557. The van der Waals surface area contributed by atoms with Gasteiger partial charge in [-0.15, -0.1) is 0 Å². The molecule has 0 aromatic heterocycles. The Morgan fingerprint density at radius 2 is 2.27 bits per heavy atom. The lowest BCUT2D eigenvalue weighted by Gasteiger charge is -2.25. The van der Waals surface area contributed by atoms with Gasteiger partial charge in [-0.05, 0) is 33.4 Å². The highest BCUT2D eigenvalue weighted by Gasteiger charge is 2.22. The van der Waals surface area contributed by atoms with Crippen LogP contribution in [0.2, 0.25) is 0 Å². The smallest absolute Gasteiger partial charge is 0.214 e. The van der Waals surface area contributed by atoms with Crippen LogP contribution in [-0.4, -0.2) is 45.2 Å². The molecule has 0 unspecified atom stereocenters. The maximum Gasteiger partial charge on any atom is 0.214 e. The van der Waals surface area contributed by atoms with E-state index >= 15 is 0 Å². The molecule has 0 amide bonds. The molecule has 0 spiro atoms. The van der Waals surface area contributed by atoms with Gasteiger partial charge in [0.2, 0.25) is 10.0 Å². The zero-order valence-electron chi connectivity index (χ0n) is 9.49. The molecule has 15 heavy (non-hydrogen) atoms. The molecule has 5 heteroatoms. The van der Waals surface area contributed by atoms with Gasteiger partial charge >= 0.3 is 0 Å². The van der Waals surface area contributed by atoms with E-state index in [1.165, 1.54) is 0 Å². The van der Waals surface area contributed by atoms with Crippen LogP contribution in [-0.2, 0) is 10.0 Å². The molecule has 0 aromatic carbocycles. The maximum atomic E-state index is 11.9. The van der Waals surface area contributed by atoms with E-state index in [1.54, 1.807) is 4.31 Å². The van der Waals surface area contributed by atoms with Crippen molar-refractivity contribution in [2.75, 3.05) is 32.4 Å². The lowest BCUT2D eigenvalue weighted by atomic mass is 10.2. The summed E-state index contributed by atoms with van der Waals surface area (Å²) in [7, 11) is -1.20. The largest absolute Gasteiger partial charge is 0.320 e. The molecule has 1 rings (SSSR count). The second-order valence-corrected chi connectivity index (χ2v) is 6.03. The van der Waals surface area contributed by atoms with Crippen LogP contribution >= 0.6 is 0 Å². The van der Waals surface area contributed by atoms with Gasteiger partial charge < -0.3 is 5.32 Å². The number of nitrogens with zero attached hydrogens (tertiary/aromatic N) is 1. The molecule has 1 N–H and O–H groups in total. The maximum absolute atomic E-state index is 11.9. The van der Waals surface area contributed by atoms with Crippen molar-refractivity contribution in [2.45, 2.75) is 19.8 Å². The molecule has 88 valence electrons. The van der Waals surface area contributed by atoms with E-state index < -0.39 is 10.0 Å². The third-order valence-corrected chi connectivity index (χ3v) is 4.42. The fraction of sp³-hybridized carbons (Fsp3) is 0.800. The van der Waals surface area contributed by atoms with Crippen molar-refractivity contribution in [3.63, 3.8) is 0 Å². The van der Waals surface area contributed by atoms with E-state index in [9.17, 15) is 8.42 Å². The minimum absolute atomic E-state index is 0.251. The zero-order chi connectivity index (χ0) is 11.3. The first-order chi connectivity index (χ1) is 7.06. The molecule has 0 fully saturated rings. The van der Waals surface area contributed by atoms with Crippen LogP contribution in [0, 0.1) is 0 Å². The molecule has 1 heterocycles. The molecule has 0 aliphatic carbocycles. The second kappa shape index (κ2) is 5.63. The van der Waals surface area contributed by atoms with E-state index in [-0.39, 0.29) is 5.75 Å². The Labute approximate surface area is 92.4 Å². The van der Waals surface area contributed by atoms with Crippen LogP contribution in [0.1, 0.15) is 19.8 Å². The van der Waals surface area contributed by atoms with Crippen molar-refractivity contribution in [2.24, 2.45) is 0 Å². The average molecular weight is 232 g/mol. The average Bonchev–Trinajstić information content (AvgIpc) is 2.18. The van der Waals surface area contributed by atoms with Gasteiger partial charge in [0.25, 0.3) is 0 Å². The number of hydrogen-bond acceptors (Lipinski definition) is 3. The minimum atomic E-state index is -3.04. The molecule has 0 radical (unpaired) electrons. The summed E-state index contributed by atoms with van der Waals surface area (Å²) < 4.78 is 25.3. The highest BCUT2D eigenvalue weighted by Crippen LogP contribution is 2.13. The Bertz CT molecular complexity index is 322. The van der Waals surface area contributed by atoms with Gasteiger partial charge in [0.1, 0.15) is 0 Å². The zero-order valence-corrected chi connectivity index (χ0v) is 10.3. The third kappa shape index (κ3) is 3.93. The molecule has 4 nitrogen and oxygen atoms in total. The van der Waals surface area contributed by atoms with E-state index in [2.05, 4.69) is 11.4 Å². The summed E-state index contributed by atoms with van der Waals surface area (Å²) in [5.74, 6) is 0.251. The molecular weight excluding hydrogens is 212 g/mol. The molecule has 0 atom stereocenters. The molecular formula is C10H20N2O2S. The summed E-state index contributed by atoms with van der Waals surface area (Å²) in [6, 6.07) is 0. The lowest BCUT2D eigenvalue weighted by molar-refractivity contribution is 0.426. The van der Waals surface area contributed by atoms with E-state index in [1.807, 2.05) is 14.0 Å². The van der Waals surface area contributed by atoms with Gasteiger partial charge in [-0.2, -0.15) is 4.31 Å². The van der Waals surface area contributed by atoms with Gasteiger partial charge in [-0.25, -0.2) is 8.42 Å². The van der Waals surface area contributed by atoms with Crippen LogP contribution in [0.15, 0.2) is 11.6 Å². The third-order valence-electron chi connectivity index (χ3n) is 2.52. The molecule has 0 bridgehead atoms. The Morgan fingerprint density at radius 3 is 2.87 bits per heavy atom. The van der Waals surface area contributed by atoms with Crippen LogP contribution < -0.4 is 5.32 Å². The SMILES string of the molecule is CNCCCS(=O)(=O)N1CCC=C(C)C1. The summed E-state index contributed by atoms with van der Waals surface area (Å²) in [6.07, 6.45) is 3.63. The topological polar surface area (TPSA) is 49.4 Å². The highest BCUT2D eigenvalue weighted by atomic mass is 32.2. The van der Waals surface area contributed by atoms with E-state index in [4.69, 9.17) is 0 Å². The predicted octanol–water partition coefficient (Wildman–Crippen LogP) is 0.578. The van der Waals surface area contributed by atoms with Crippen molar-refractivity contribution in [1.29, 1.82) is 0 Å². The number of hydrogen-bond donors (Lipinski definition) is 1. The van der Waals surface area contributed by atoms with Gasteiger partial charge in [0.05, 0.1) is 5.75 Å². The molecule has 0 saturated heterocycles. The standard InChI is InChI=1S/C10H20N2O2S/c1-10-5-3-7-12(9-10)15(13,14)8-4-6-11-2/h5,11H,3-4,6-9H2,1-2H3. The van der Waals surface area contributed by atoms with E-state index in [0.717, 1.165) is 18.5 Å². The summed E-state index contributed by atoms with van der Waals surface area (Å²) >= 11 is 0. The molecule has 1 aliphatic rings. The van der Waals surface area contributed by atoms with Gasteiger partial charge in [0, 0.05) is 13.1 Å². The lowest BCUT2D eigenvalue weighted by Crippen LogP contribution is -2.37. The summed E-state index contributed by atoms with van der Waals surface area (Å²) in [6.45, 7) is 3.94. The van der Waals surface area contributed by atoms with Crippen LogP contribution in [0.25, 0.3) is 0 Å². The first-order valence-electron chi connectivity index (χ1n) is 5.34. The molecule has 0 aromatic rings. The number of sulfonamides is 1. The van der Waals surface area contributed by atoms with Gasteiger partial charge in [-0.1, -0.05) is 11.6 Å². The normalized spacial score (nSPS) is 18.9. The summed E-state index contributed by atoms with van der Waals surface area (Å²) in [4.78, 5) is 0. The molecule has 1 aliphatic heterocycles. The van der Waals surface area contributed by atoms with Crippen LogP contribution in [0.5, 0.6) is 0 Å². The van der Waals surface area contributed by atoms with Crippen LogP contribution in [0.4, 0.5) is 0 Å². The minimum Gasteiger partial charge on any atom is -0.320 e. The Morgan fingerprint density at radius 1 is 1.53 bits per heavy atom. The van der Waals surface area contributed by atoms with Gasteiger partial charge in [-0.3, -0.25) is 0 Å². The monoisotopic (exact) mass is 232 g/mol. The predicted molar refractivity (Wildman–Crippen MR) is 62.3 cm³/mol. The van der Waals surface area contributed by atoms with Crippen molar-refractivity contribution < 1.29 is 8.42 Å². The molecule has 0 saturated carbocycles. The first kappa shape index (κ1) is 12.7. The second-order valence-electron chi connectivity index (χ2n) is 3.95. The van der Waals surface area contributed by atoms with Crippen LogP contribution in [0.3, 0.4) is 0 Å². The van der Waals surface area contributed by atoms with Gasteiger partial charge in [0.15, 0.2) is 0 Å². The summed E-state index contributed by atoms with van der Waals surface area (Å²) in [5, 5.41) is 2.96. The number of nitrogens with one attached hydrogen (secondary N) is 1. The first-order valence-corrected chi connectivity index (χ1v) is 6.95. The Hall–Kier alpha value is -0.390. The Kier molecular flexibility index (Phi) is 4.76. The van der Waals surface area contributed by atoms with Crippen molar-refractivity contribution in [1.82, 2.24) is 9.62 Å². The number of rotatable bonds is 5. The fourth-order valence-corrected chi connectivity index (χ4v) is 3.23.